The fraction of sp³-hybridized carbons (Fsp3) is 0.533. The van der Waals surface area contributed by atoms with Gasteiger partial charge in [0.1, 0.15) is 5.82 Å². The van der Waals surface area contributed by atoms with Crippen LogP contribution in [0.15, 0.2) is 24.3 Å². The van der Waals surface area contributed by atoms with E-state index in [1.54, 1.807) is 0 Å². The molecule has 1 atom stereocenters. The van der Waals surface area contributed by atoms with E-state index in [9.17, 15) is 9.18 Å². The van der Waals surface area contributed by atoms with Crippen molar-refractivity contribution >= 4 is 5.78 Å². The van der Waals surface area contributed by atoms with Gasteiger partial charge in [-0.25, -0.2) is 4.39 Å². The molecule has 0 saturated heterocycles. The fourth-order valence-corrected chi connectivity index (χ4v) is 1.86. The zero-order valence-corrected chi connectivity index (χ0v) is 11.3. The summed E-state index contributed by atoms with van der Waals surface area (Å²) in [4.78, 5) is 11.8. The van der Waals surface area contributed by atoms with Gasteiger partial charge < -0.3 is 4.74 Å². The highest BCUT2D eigenvalue weighted by atomic mass is 19.1. The number of carbonyl (C=O) groups excluding carboxylic acids is 1. The van der Waals surface area contributed by atoms with Crippen LogP contribution >= 0.6 is 0 Å². The van der Waals surface area contributed by atoms with Gasteiger partial charge in [0.05, 0.1) is 12.7 Å². The lowest BCUT2D eigenvalue weighted by atomic mass is 10.1. The van der Waals surface area contributed by atoms with Crippen molar-refractivity contribution in [3.63, 3.8) is 0 Å². The van der Waals surface area contributed by atoms with E-state index in [4.69, 9.17) is 4.74 Å². The maximum absolute atomic E-state index is 12.7. The first kappa shape index (κ1) is 14.8. The molecular weight excluding hydrogens is 231 g/mol. The molecule has 18 heavy (non-hydrogen) atoms. The summed E-state index contributed by atoms with van der Waals surface area (Å²) in [5.41, 5.74) is 0.538. The van der Waals surface area contributed by atoms with Crippen molar-refractivity contribution in [2.75, 3.05) is 6.61 Å². The Bertz CT molecular complexity index is 371. The molecule has 100 valence electrons. The Balaban J connectivity index is 2.31. The number of ether oxygens (including phenoxy) is 1. The van der Waals surface area contributed by atoms with Crippen molar-refractivity contribution in [2.45, 2.75) is 39.7 Å². The quantitative estimate of drug-likeness (QED) is 0.689. The van der Waals surface area contributed by atoms with Crippen LogP contribution in [0, 0.1) is 11.7 Å². The molecule has 0 fully saturated rings. The Morgan fingerprint density at radius 1 is 1.22 bits per heavy atom. The van der Waals surface area contributed by atoms with Crippen LogP contribution in [0.3, 0.4) is 0 Å². The molecule has 2 nitrogen and oxygen atoms in total. The SMILES string of the molecule is CC(C)CC(C)OCCC(=O)c1ccc(F)cc1. The van der Waals surface area contributed by atoms with Crippen molar-refractivity contribution in [1.82, 2.24) is 0 Å². The van der Waals surface area contributed by atoms with Crippen LogP contribution in [0.4, 0.5) is 4.39 Å². The molecule has 0 aliphatic carbocycles. The first-order valence-corrected chi connectivity index (χ1v) is 6.39. The second-order valence-corrected chi connectivity index (χ2v) is 4.99. The topological polar surface area (TPSA) is 26.3 Å². The van der Waals surface area contributed by atoms with E-state index in [-0.39, 0.29) is 17.7 Å². The highest BCUT2D eigenvalue weighted by Crippen LogP contribution is 2.09. The van der Waals surface area contributed by atoms with E-state index in [1.165, 1.54) is 24.3 Å². The molecule has 1 rings (SSSR count). The van der Waals surface area contributed by atoms with Crippen LogP contribution in [-0.2, 0) is 4.74 Å². The second kappa shape index (κ2) is 7.27. The van der Waals surface area contributed by atoms with Crippen LogP contribution in [0.2, 0.25) is 0 Å². The molecule has 0 heterocycles. The third kappa shape index (κ3) is 5.41. The zero-order valence-electron chi connectivity index (χ0n) is 11.3. The number of benzene rings is 1. The molecule has 1 unspecified atom stereocenters. The van der Waals surface area contributed by atoms with Crippen molar-refractivity contribution in [1.29, 1.82) is 0 Å². The Labute approximate surface area is 108 Å². The molecule has 0 aromatic heterocycles. The summed E-state index contributed by atoms with van der Waals surface area (Å²) in [7, 11) is 0. The van der Waals surface area contributed by atoms with Crippen molar-refractivity contribution in [2.24, 2.45) is 5.92 Å². The normalized spacial score (nSPS) is 12.7. The standard InChI is InChI=1S/C15H21FO2/c1-11(2)10-12(3)18-9-8-15(17)13-4-6-14(16)7-5-13/h4-7,11-12H,8-10H2,1-3H3. The zero-order chi connectivity index (χ0) is 13.5. The van der Waals surface area contributed by atoms with Gasteiger partial charge in [-0.2, -0.15) is 0 Å². The van der Waals surface area contributed by atoms with Gasteiger partial charge in [0.2, 0.25) is 0 Å². The van der Waals surface area contributed by atoms with E-state index in [0.29, 0.717) is 24.5 Å². The van der Waals surface area contributed by atoms with Crippen LogP contribution in [0.5, 0.6) is 0 Å². The van der Waals surface area contributed by atoms with E-state index in [2.05, 4.69) is 13.8 Å². The van der Waals surface area contributed by atoms with E-state index >= 15 is 0 Å². The number of hydrogen-bond acceptors (Lipinski definition) is 2. The Hall–Kier alpha value is -1.22. The summed E-state index contributed by atoms with van der Waals surface area (Å²) >= 11 is 0. The van der Waals surface area contributed by atoms with E-state index < -0.39 is 0 Å². The van der Waals surface area contributed by atoms with Gasteiger partial charge in [0.15, 0.2) is 5.78 Å². The third-order valence-corrected chi connectivity index (χ3v) is 2.70. The van der Waals surface area contributed by atoms with Gasteiger partial charge in [-0.05, 0) is 43.5 Å². The summed E-state index contributed by atoms with van der Waals surface area (Å²) in [5, 5.41) is 0. The second-order valence-electron chi connectivity index (χ2n) is 4.99. The molecule has 1 aromatic rings. The Kier molecular flexibility index (Phi) is 5.99. The molecule has 0 radical (unpaired) electrons. The minimum atomic E-state index is -0.326. The largest absolute Gasteiger partial charge is 0.378 e. The van der Waals surface area contributed by atoms with Crippen LogP contribution in [0.25, 0.3) is 0 Å². The number of halogens is 1. The molecule has 0 spiro atoms. The molecule has 0 aliphatic rings. The molecule has 0 bridgehead atoms. The van der Waals surface area contributed by atoms with Crippen molar-refractivity contribution < 1.29 is 13.9 Å². The number of rotatable bonds is 7. The lowest BCUT2D eigenvalue weighted by Gasteiger charge is -2.14. The van der Waals surface area contributed by atoms with Gasteiger partial charge >= 0.3 is 0 Å². The minimum absolute atomic E-state index is 0.00764. The summed E-state index contributed by atoms with van der Waals surface area (Å²) in [5.74, 6) is 0.257. The fourth-order valence-electron chi connectivity index (χ4n) is 1.86. The van der Waals surface area contributed by atoms with Crippen molar-refractivity contribution in [3.8, 4) is 0 Å². The maximum Gasteiger partial charge on any atom is 0.165 e. The Morgan fingerprint density at radius 3 is 2.39 bits per heavy atom. The lowest BCUT2D eigenvalue weighted by molar-refractivity contribution is 0.0480. The monoisotopic (exact) mass is 252 g/mol. The average Bonchev–Trinajstić information content (AvgIpc) is 2.28. The number of ketones is 1. The first-order valence-electron chi connectivity index (χ1n) is 6.39. The predicted molar refractivity (Wildman–Crippen MR) is 70.2 cm³/mol. The molecule has 0 N–H and O–H groups in total. The van der Waals surface area contributed by atoms with Gasteiger partial charge in [-0.1, -0.05) is 13.8 Å². The van der Waals surface area contributed by atoms with Gasteiger partial charge in [-0.15, -0.1) is 0 Å². The molecule has 0 saturated carbocycles. The summed E-state index contributed by atoms with van der Waals surface area (Å²) in [6.45, 7) is 6.72. The predicted octanol–water partition coefficient (Wildman–Crippen LogP) is 3.85. The lowest BCUT2D eigenvalue weighted by Crippen LogP contribution is -2.14. The van der Waals surface area contributed by atoms with Gasteiger partial charge in [0.25, 0.3) is 0 Å². The highest BCUT2D eigenvalue weighted by Gasteiger charge is 2.09. The summed E-state index contributed by atoms with van der Waals surface area (Å²) in [6, 6.07) is 5.62. The van der Waals surface area contributed by atoms with E-state index in [0.717, 1.165) is 6.42 Å². The molecule has 0 amide bonds. The van der Waals surface area contributed by atoms with Crippen molar-refractivity contribution in [3.05, 3.63) is 35.6 Å². The third-order valence-electron chi connectivity index (χ3n) is 2.70. The van der Waals surface area contributed by atoms with Gasteiger partial charge in [-0.3, -0.25) is 4.79 Å². The highest BCUT2D eigenvalue weighted by molar-refractivity contribution is 5.96. The minimum Gasteiger partial charge on any atom is -0.378 e. The van der Waals surface area contributed by atoms with Crippen LogP contribution in [-0.4, -0.2) is 18.5 Å². The maximum atomic E-state index is 12.7. The van der Waals surface area contributed by atoms with Gasteiger partial charge in [0, 0.05) is 12.0 Å². The average molecular weight is 252 g/mol. The first-order chi connectivity index (χ1) is 8.49. The Morgan fingerprint density at radius 2 is 1.83 bits per heavy atom. The molecule has 3 heteroatoms. The number of hydrogen-bond donors (Lipinski definition) is 0. The molecule has 0 aliphatic heterocycles. The number of Topliss-reactive ketones (excluding diaryl/α,β-unsaturated/α-hetero) is 1. The van der Waals surface area contributed by atoms with Crippen LogP contribution < -0.4 is 0 Å². The van der Waals surface area contributed by atoms with Crippen LogP contribution in [0.1, 0.15) is 44.0 Å². The number of carbonyl (C=O) groups is 1. The smallest absolute Gasteiger partial charge is 0.165 e. The summed E-state index contributed by atoms with van der Waals surface area (Å²) < 4.78 is 18.3. The molecule has 1 aromatic carbocycles. The summed E-state index contributed by atoms with van der Waals surface area (Å²) in [6.07, 6.45) is 1.50. The molecular formula is C15H21FO2. The van der Waals surface area contributed by atoms with E-state index in [1.807, 2.05) is 6.92 Å².